The summed E-state index contributed by atoms with van der Waals surface area (Å²) >= 11 is 7.93. The Morgan fingerprint density at radius 3 is 2.82 bits per heavy atom. The van der Waals surface area contributed by atoms with Gasteiger partial charge < -0.3 is 25.2 Å². The molecule has 5 rings (SSSR count). The third-order valence-corrected chi connectivity index (χ3v) is 8.86. The maximum Gasteiger partial charge on any atom is 0.251 e. The van der Waals surface area contributed by atoms with Crippen molar-refractivity contribution in [2.75, 3.05) is 37.0 Å². The third kappa shape index (κ3) is 7.62. The molecule has 11 heteroatoms. The van der Waals surface area contributed by atoms with Gasteiger partial charge in [-0.3, -0.25) is 14.3 Å². The van der Waals surface area contributed by atoms with E-state index in [0.717, 1.165) is 44.3 Å². The van der Waals surface area contributed by atoms with Gasteiger partial charge in [0.15, 0.2) is 0 Å². The number of hydrogen-bond donors (Lipinski definition) is 3. The van der Waals surface area contributed by atoms with Gasteiger partial charge in [-0.05, 0) is 49.2 Å². The molecule has 3 aromatic carbocycles. The van der Waals surface area contributed by atoms with Gasteiger partial charge in [0.1, 0.15) is 5.75 Å². The van der Waals surface area contributed by atoms with Crippen LogP contribution in [0.4, 0.5) is 5.69 Å². The number of carbonyl (C=O) groups excluding carboxylic acids is 2. The van der Waals surface area contributed by atoms with Crippen molar-refractivity contribution in [3.63, 3.8) is 0 Å². The number of thioether (sulfide) groups is 1. The average molecular weight is 635 g/mol. The Bertz CT molecular complexity index is 1630. The fraction of sp³-hybridized carbons (Fsp3) is 0.303. The zero-order valence-electron chi connectivity index (χ0n) is 24.4. The minimum Gasteiger partial charge on any atom is -0.493 e. The minimum atomic E-state index is -0.999. The molecular weight excluding hydrogens is 600 g/mol. The zero-order chi connectivity index (χ0) is 31.1. The summed E-state index contributed by atoms with van der Waals surface area (Å²) in [5, 5.41) is 26.3. The number of aliphatic hydroxyl groups is 2. The highest BCUT2D eigenvalue weighted by Crippen LogP contribution is 2.42. The fourth-order valence-electron chi connectivity index (χ4n) is 4.98. The maximum absolute atomic E-state index is 13.3. The van der Waals surface area contributed by atoms with Gasteiger partial charge in [-0.15, -0.1) is 11.8 Å². The number of rotatable bonds is 12. The van der Waals surface area contributed by atoms with Crippen molar-refractivity contribution in [2.45, 2.75) is 37.3 Å². The lowest BCUT2D eigenvalue weighted by atomic mass is 10.1. The van der Waals surface area contributed by atoms with Gasteiger partial charge in [-0.25, -0.2) is 0 Å². The van der Waals surface area contributed by atoms with E-state index in [1.165, 1.54) is 0 Å². The number of aliphatic hydroxyl groups excluding tert-OH is 2. The maximum atomic E-state index is 13.3. The van der Waals surface area contributed by atoms with E-state index < -0.39 is 12.7 Å². The first-order valence-electron chi connectivity index (χ1n) is 14.5. The fourth-order valence-corrected chi connectivity index (χ4v) is 6.30. The Hall–Kier alpha value is -3.83. The summed E-state index contributed by atoms with van der Waals surface area (Å²) in [7, 11) is 0. The number of fused-ring (bicyclic) bond motifs is 1. The number of halogens is 1. The number of hydrogen-bond acceptors (Lipinski definition) is 7. The van der Waals surface area contributed by atoms with Gasteiger partial charge in [-0.2, -0.15) is 5.10 Å². The van der Waals surface area contributed by atoms with Crippen LogP contribution in [0.25, 0.3) is 11.1 Å². The lowest BCUT2D eigenvalue weighted by molar-refractivity contribution is -0.118. The summed E-state index contributed by atoms with van der Waals surface area (Å²) in [6, 6.07) is 18.8. The number of aromatic nitrogens is 2. The number of carbonyl (C=O) groups is 2. The summed E-state index contributed by atoms with van der Waals surface area (Å²) < 4.78 is 7.70. The molecule has 0 fully saturated rings. The smallest absolute Gasteiger partial charge is 0.251 e. The van der Waals surface area contributed by atoms with E-state index in [0.29, 0.717) is 43.1 Å². The monoisotopic (exact) mass is 634 g/mol. The molecule has 4 aromatic rings. The van der Waals surface area contributed by atoms with Crippen molar-refractivity contribution in [2.24, 2.45) is 0 Å². The molecule has 0 aliphatic carbocycles. The van der Waals surface area contributed by atoms with E-state index >= 15 is 0 Å². The van der Waals surface area contributed by atoms with Crippen LogP contribution in [0.2, 0.25) is 5.02 Å². The molecule has 0 saturated carbocycles. The number of nitrogens with one attached hydrogen (secondary N) is 1. The SMILES string of the molecule is Cc1c(Cl)cccc1OCCCC(=O)N1CCSc2c(-c3cnn(Cc4cccc(C(=O)NCC(O)CO)c4)c3)cccc21. The summed E-state index contributed by atoms with van der Waals surface area (Å²) in [6.45, 7) is 3.02. The molecule has 1 atom stereocenters. The van der Waals surface area contributed by atoms with Crippen LogP contribution >= 0.6 is 23.4 Å². The van der Waals surface area contributed by atoms with Crippen molar-refractivity contribution in [3.8, 4) is 16.9 Å². The third-order valence-electron chi connectivity index (χ3n) is 7.34. The molecular formula is C33H35ClN4O5S. The second kappa shape index (κ2) is 14.8. The normalized spacial score (nSPS) is 13.3. The molecule has 1 aromatic heterocycles. The predicted octanol–water partition coefficient (Wildman–Crippen LogP) is 4.94. The average Bonchev–Trinajstić information content (AvgIpc) is 3.51. The van der Waals surface area contributed by atoms with E-state index in [9.17, 15) is 14.7 Å². The van der Waals surface area contributed by atoms with Gasteiger partial charge in [0.05, 0.1) is 37.7 Å². The van der Waals surface area contributed by atoms with E-state index in [2.05, 4.69) is 10.4 Å². The second-order valence-electron chi connectivity index (χ2n) is 10.5. The minimum absolute atomic E-state index is 0.0252. The van der Waals surface area contributed by atoms with Crippen LogP contribution in [0.5, 0.6) is 5.75 Å². The predicted molar refractivity (Wildman–Crippen MR) is 173 cm³/mol. The highest BCUT2D eigenvalue weighted by atomic mass is 35.5. The number of amides is 2. The van der Waals surface area contributed by atoms with Crippen LogP contribution in [-0.4, -0.2) is 70.0 Å². The van der Waals surface area contributed by atoms with E-state index in [4.69, 9.17) is 21.4 Å². The molecule has 0 saturated heterocycles. The van der Waals surface area contributed by atoms with Crippen LogP contribution < -0.4 is 15.0 Å². The molecule has 44 heavy (non-hydrogen) atoms. The molecule has 0 spiro atoms. The second-order valence-corrected chi connectivity index (χ2v) is 12.0. The van der Waals surface area contributed by atoms with Crippen LogP contribution in [-0.2, 0) is 11.3 Å². The molecule has 1 aliphatic rings. The molecule has 1 unspecified atom stereocenters. The molecule has 3 N–H and O–H groups in total. The molecule has 9 nitrogen and oxygen atoms in total. The van der Waals surface area contributed by atoms with Gasteiger partial charge in [0.25, 0.3) is 5.91 Å². The van der Waals surface area contributed by atoms with E-state index in [-0.39, 0.29) is 18.4 Å². The first-order chi connectivity index (χ1) is 21.3. The molecule has 2 heterocycles. The lowest BCUT2D eigenvalue weighted by Crippen LogP contribution is -2.35. The van der Waals surface area contributed by atoms with E-state index in [1.807, 2.05) is 71.4 Å². The van der Waals surface area contributed by atoms with Gasteiger partial charge in [0, 0.05) is 63.6 Å². The number of benzene rings is 3. The van der Waals surface area contributed by atoms with Gasteiger partial charge in [0.2, 0.25) is 5.91 Å². The Balaban J connectivity index is 1.23. The first kappa shape index (κ1) is 31.6. The van der Waals surface area contributed by atoms with Crippen molar-refractivity contribution < 1.29 is 24.5 Å². The zero-order valence-corrected chi connectivity index (χ0v) is 26.0. The molecule has 0 bridgehead atoms. The summed E-state index contributed by atoms with van der Waals surface area (Å²) in [5.41, 5.74) is 5.13. The molecule has 230 valence electrons. The van der Waals surface area contributed by atoms with Crippen molar-refractivity contribution >= 4 is 40.9 Å². The van der Waals surface area contributed by atoms with Crippen molar-refractivity contribution in [1.29, 1.82) is 0 Å². The Labute approximate surface area is 265 Å². The topological polar surface area (TPSA) is 117 Å². The first-order valence-corrected chi connectivity index (χ1v) is 15.8. The Morgan fingerprint density at radius 2 is 1.98 bits per heavy atom. The highest BCUT2D eigenvalue weighted by Gasteiger charge is 2.25. The number of nitrogens with zero attached hydrogens (tertiary/aromatic N) is 3. The van der Waals surface area contributed by atoms with Crippen LogP contribution in [0.1, 0.15) is 34.3 Å². The molecule has 0 radical (unpaired) electrons. The molecule has 1 aliphatic heterocycles. The van der Waals surface area contributed by atoms with Crippen LogP contribution in [0, 0.1) is 6.92 Å². The standard InChI is InChI=1S/C33H35ClN4O5S/c1-22-28(34)9-4-11-30(22)43-14-5-12-31(41)38-13-15-44-32-27(8-3-10-29(32)38)25-17-36-37(20-25)19-23-6-2-7-24(16-23)33(42)35-18-26(40)21-39/h2-4,6-11,16-17,20,26,39-40H,5,12-15,18-19,21H2,1H3,(H,35,42). The highest BCUT2D eigenvalue weighted by molar-refractivity contribution is 7.99. The Kier molecular flexibility index (Phi) is 10.6. The molecule has 2 amide bonds. The van der Waals surface area contributed by atoms with Gasteiger partial charge >= 0.3 is 0 Å². The lowest BCUT2D eigenvalue weighted by Gasteiger charge is -2.30. The summed E-state index contributed by atoms with van der Waals surface area (Å²) in [5.74, 6) is 1.28. The van der Waals surface area contributed by atoms with Crippen molar-refractivity contribution in [1.82, 2.24) is 15.1 Å². The van der Waals surface area contributed by atoms with Gasteiger partial charge in [-0.1, -0.05) is 41.9 Å². The van der Waals surface area contributed by atoms with Crippen LogP contribution in [0.15, 0.2) is 78.0 Å². The number of anilines is 1. The summed E-state index contributed by atoms with van der Waals surface area (Å²) in [4.78, 5) is 28.7. The number of ether oxygens (including phenoxy) is 1. The van der Waals surface area contributed by atoms with E-state index in [1.54, 1.807) is 30.0 Å². The summed E-state index contributed by atoms with van der Waals surface area (Å²) in [6.07, 6.45) is 3.77. The van der Waals surface area contributed by atoms with Crippen molar-refractivity contribution in [3.05, 3.63) is 94.8 Å². The quantitative estimate of drug-likeness (QED) is 0.189. The van der Waals surface area contributed by atoms with Crippen LogP contribution in [0.3, 0.4) is 0 Å². The Morgan fingerprint density at radius 1 is 1.16 bits per heavy atom. The largest absolute Gasteiger partial charge is 0.493 e.